The summed E-state index contributed by atoms with van der Waals surface area (Å²) in [6.45, 7) is 0.740. The van der Waals surface area contributed by atoms with E-state index in [0.717, 1.165) is 18.7 Å². The number of benzene rings is 1. The maximum Gasteiger partial charge on any atom is 0.195 e. The molecule has 16 heavy (non-hydrogen) atoms. The Hall–Kier alpha value is -1.62. The van der Waals surface area contributed by atoms with E-state index in [2.05, 4.69) is 16.3 Å². The lowest BCUT2D eigenvalue weighted by Crippen LogP contribution is -2.20. The second-order valence-electron chi connectivity index (χ2n) is 3.87. The zero-order chi connectivity index (χ0) is 11.0. The number of nitrogens with zero attached hydrogens (tertiary/aromatic N) is 2. The molecule has 1 unspecified atom stereocenters. The Morgan fingerprint density at radius 2 is 2.38 bits per heavy atom. The van der Waals surface area contributed by atoms with Crippen molar-refractivity contribution in [1.82, 2.24) is 14.8 Å². The number of para-hydroxylation sites is 1. The van der Waals surface area contributed by atoms with Gasteiger partial charge in [-0.2, -0.15) is 5.10 Å². The van der Waals surface area contributed by atoms with Crippen LogP contribution in [0.3, 0.4) is 0 Å². The highest BCUT2D eigenvalue weighted by Gasteiger charge is 2.22. The van der Waals surface area contributed by atoms with Crippen LogP contribution in [0.2, 0.25) is 0 Å². The Labute approximate surface area is 97.9 Å². The Bertz CT molecular complexity index is 535. The quantitative estimate of drug-likeness (QED) is 0.806. The summed E-state index contributed by atoms with van der Waals surface area (Å²) in [5.74, 6) is 0.988. The molecule has 0 saturated heterocycles. The fraction of sp³-hybridized carbons (Fsp3) is 0.273. The van der Waals surface area contributed by atoms with E-state index in [1.807, 2.05) is 22.8 Å². The summed E-state index contributed by atoms with van der Waals surface area (Å²) < 4.78 is 8.36. The highest BCUT2D eigenvalue weighted by atomic mass is 32.1. The predicted molar refractivity (Wildman–Crippen MR) is 62.0 cm³/mol. The number of fused-ring (bicyclic) bond motifs is 1. The molecule has 1 aliphatic rings. The Kier molecular flexibility index (Phi) is 2.25. The van der Waals surface area contributed by atoms with E-state index in [4.69, 9.17) is 17.0 Å². The molecular weight excluding hydrogens is 222 g/mol. The molecule has 1 aromatic carbocycles. The molecule has 3 rings (SSSR count). The number of ether oxygens (including phenoxy) is 1. The maximum absolute atomic E-state index is 5.83. The minimum Gasteiger partial charge on any atom is -0.488 e. The molecule has 0 radical (unpaired) electrons. The molecule has 0 fully saturated rings. The molecule has 0 saturated carbocycles. The predicted octanol–water partition coefficient (Wildman–Crippen LogP) is 1.94. The van der Waals surface area contributed by atoms with Crippen LogP contribution in [0, 0.1) is 4.77 Å². The molecule has 1 aliphatic heterocycles. The van der Waals surface area contributed by atoms with Gasteiger partial charge in [0.1, 0.15) is 18.2 Å². The Morgan fingerprint density at radius 1 is 1.50 bits per heavy atom. The summed E-state index contributed by atoms with van der Waals surface area (Å²) >= 11 is 5.10. The van der Waals surface area contributed by atoms with Crippen LogP contribution in [0.25, 0.3) is 0 Å². The molecule has 4 nitrogen and oxygen atoms in total. The summed E-state index contributed by atoms with van der Waals surface area (Å²) in [5, 5.41) is 6.63. The highest BCUT2D eigenvalue weighted by Crippen LogP contribution is 2.28. The van der Waals surface area contributed by atoms with Crippen molar-refractivity contribution in [3.8, 4) is 5.75 Å². The average Bonchev–Trinajstić information content (AvgIpc) is 2.85. The topological polar surface area (TPSA) is 42.8 Å². The van der Waals surface area contributed by atoms with Crippen molar-refractivity contribution >= 4 is 12.2 Å². The van der Waals surface area contributed by atoms with Gasteiger partial charge in [0, 0.05) is 6.42 Å². The van der Waals surface area contributed by atoms with E-state index in [0.29, 0.717) is 4.77 Å². The normalized spacial score (nSPS) is 18.1. The SMILES string of the molecule is S=c1[nH]ncn1CC1Cc2ccccc2O1. The van der Waals surface area contributed by atoms with Gasteiger partial charge in [-0.15, -0.1) is 0 Å². The molecule has 5 heteroatoms. The van der Waals surface area contributed by atoms with Crippen molar-refractivity contribution in [1.29, 1.82) is 0 Å². The molecule has 0 aliphatic carbocycles. The minimum absolute atomic E-state index is 0.154. The van der Waals surface area contributed by atoms with Gasteiger partial charge in [-0.3, -0.25) is 5.10 Å². The summed E-state index contributed by atoms with van der Waals surface area (Å²) in [4.78, 5) is 0. The molecule has 1 atom stereocenters. The van der Waals surface area contributed by atoms with E-state index in [-0.39, 0.29) is 6.10 Å². The van der Waals surface area contributed by atoms with Gasteiger partial charge in [0.05, 0.1) is 6.54 Å². The third-order valence-corrected chi connectivity index (χ3v) is 3.06. The zero-order valence-electron chi connectivity index (χ0n) is 8.59. The van der Waals surface area contributed by atoms with Gasteiger partial charge in [0.25, 0.3) is 0 Å². The van der Waals surface area contributed by atoms with Crippen LogP contribution in [0.4, 0.5) is 0 Å². The van der Waals surface area contributed by atoms with E-state index in [9.17, 15) is 0 Å². The van der Waals surface area contributed by atoms with Crippen LogP contribution in [0.5, 0.6) is 5.75 Å². The second-order valence-corrected chi connectivity index (χ2v) is 4.25. The first kappa shape index (κ1) is 9.59. The number of aromatic nitrogens is 3. The fourth-order valence-electron chi connectivity index (χ4n) is 1.98. The third kappa shape index (κ3) is 1.63. The van der Waals surface area contributed by atoms with Crippen molar-refractivity contribution < 1.29 is 4.74 Å². The van der Waals surface area contributed by atoms with E-state index in [1.165, 1.54) is 5.56 Å². The number of hydrogen-bond donors (Lipinski definition) is 1. The van der Waals surface area contributed by atoms with Crippen LogP contribution >= 0.6 is 12.2 Å². The van der Waals surface area contributed by atoms with E-state index < -0.39 is 0 Å². The lowest BCUT2D eigenvalue weighted by molar-refractivity contribution is 0.208. The van der Waals surface area contributed by atoms with Gasteiger partial charge >= 0.3 is 0 Å². The largest absolute Gasteiger partial charge is 0.488 e. The second kappa shape index (κ2) is 3.75. The first-order valence-corrected chi connectivity index (χ1v) is 5.58. The third-order valence-electron chi connectivity index (χ3n) is 2.73. The first-order valence-electron chi connectivity index (χ1n) is 5.17. The van der Waals surface area contributed by atoms with Crippen molar-refractivity contribution in [2.75, 3.05) is 0 Å². The van der Waals surface area contributed by atoms with E-state index >= 15 is 0 Å². The average molecular weight is 233 g/mol. The number of rotatable bonds is 2. The lowest BCUT2D eigenvalue weighted by atomic mass is 10.1. The van der Waals surface area contributed by atoms with Gasteiger partial charge in [0.2, 0.25) is 0 Å². The Balaban J connectivity index is 1.78. The van der Waals surface area contributed by atoms with Crippen molar-refractivity contribution in [3.63, 3.8) is 0 Å². The maximum atomic E-state index is 5.83. The van der Waals surface area contributed by atoms with Gasteiger partial charge < -0.3 is 9.30 Å². The summed E-state index contributed by atoms with van der Waals surface area (Å²) in [6, 6.07) is 8.13. The molecule has 2 aromatic rings. The van der Waals surface area contributed by atoms with Gasteiger partial charge in [0.15, 0.2) is 4.77 Å². The molecule has 2 heterocycles. The van der Waals surface area contributed by atoms with Crippen LogP contribution in [-0.4, -0.2) is 20.9 Å². The first-order chi connectivity index (χ1) is 7.83. The molecule has 1 N–H and O–H groups in total. The van der Waals surface area contributed by atoms with Crippen LogP contribution < -0.4 is 4.74 Å². The summed E-state index contributed by atoms with van der Waals surface area (Å²) in [5.41, 5.74) is 1.27. The lowest BCUT2D eigenvalue weighted by Gasteiger charge is -2.10. The number of hydrogen-bond acceptors (Lipinski definition) is 3. The Morgan fingerprint density at radius 3 is 3.12 bits per heavy atom. The minimum atomic E-state index is 0.154. The smallest absolute Gasteiger partial charge is 0.195 e. The van der Waals surface area contributed by atoms with Crippen molar-refractivity contribution in [2.45, 2.75) is 19.1 Å². The summed E-state index contributed by atoms with van der Waals surface area (Å²) in [6.07, 6.45) is 2.79. The molecule has 82 valence electrons. The number of nitrogens with one attached hydrogen (secondary N) is 1. The van der Waals surface area contributed by atoms with Crippen LogP contribution in [-0.2, 0) is 13.0 Å². The molecule has 0 amide bonds. The van der Waals surface area contributed by atoms with Crippen LogP contribution in [0.15, 0.2) is 30.6 Å². The highest BCUT2D eigenvalue weighted by molar-refractivity contribution is 7.71. The number of aromatic amines is 1. The van der Waals surface area contributed by atoms with Gasteiger partial charge in [-0.1, -0.05) is 18.2 Å². The molecule has 0 spiro atoms. The monoisotopic (exact) mass is 233 g/mol. The molecule has 0 bridgehead atoms. The molecule has 1 aromatic heterocycles. The number of H-pyrrole nitrogens is 1. The van der Waals surface area contributed by atoms with Gasteiger partial charge in [-0.25, -0.2) is 0 Å². The molecular formula is C11H11N3OS. The van der Waals surface area contributed by atoms with Crippen molar-refractivity contribution in [2.24, 2.45) is 0 Å². The summed E-state index contributed by atoms with van der Waals surface area (Å²) in [7, 11) is 0. The standard InChI is InChI=1S/C11H11N3OS/c16-11-13-12-7-14(11)6-9-5-8-3-1-2-4-10(8)15-9/h1-4,7,9H,5-6H2,(H,13,16). The van der Waals surface area contributed by atoms with Gasteiger partial charge in [-0.05, 0) is 23.8 Å². The zero-order valence-corrected chi connectivity index (χ0v) is 9.41. The van der Waals surface area contributed by atoms with Crippen LogP contribution in [0.1, 0.15) is 5.56 Å². The van der Waals surface area contributed by atoms with Crippen molar-refractivity contribution in [3.05, 3.63) is 40.9 Å². The fourth-order valence-corrected chi connectivity index (χ4v) is 2.15. The van der Waals surface area contributed by atoms with E-state index in [1.54, 1.807) is 6.33 Å².